The van der Waals surface area contributed by atoms with Crippen LogP contribution in [0.1, 0.15) is 57.9 Å². The zero-order valence-corrected chi connectivity index (χ0v) is 14.1. The van der Waals surface area contributed by atoms with Crippen molar-refractivity contribution in [2.24, 2.45) is 5.41 Å². The standard InChI is InChI=1S/C20H29NO/c1-3-10-19-12-14-21(15-13-19)20(11-4-2,18(19)22)16-17-8-6-5-7-9-17/h5-9H,3-4,10-16H2,1-2H3/t20-/m0/s1. The van der Waals surface area contributed by atoms with Gasteiger partial charge in [0.05, 0.1) is 5.54 Å². The summed E-state index contributed by atoms with van der Waals surface area (Å²) in [5.41, 5.74) is 1.05. The molecular formula is C20H29NO. The van der Waals surface area contributed by atoms with Crippen LogP contribution in [0.3, 0.4) is 0 Å². The van der Waals surface area contributed by atoms with Crippen molar-refractivity contribution in [2.75, 3.05) is 13.1 Å². The number of fused-ring (bicyclic) bond motifs is 3. The van der Waals surface area contributed by atoms with E-state index in [1.165, 1.54) is 5.56 Å². The molecule has 0 aromatic heterocycles. The smallest absolute Gasteiger partial charge is 0.159 e. The van der Waals surface area contributed by atoms with E-state index in [9.17, 15) is 4.79 Å². The molecular weight excluding hydrogens is 270 g/mol. The fraction of sp³-hybridized carbons (Fsp3) is 0.650. The molecule has 0 saturated carbocycles. The number of carbonyl (C=O) groups excluding carboxylic acids is 1. The Morgan fingerprint density at radius 1 is 1.00 bits per heavy atom. The van der Waals surface area contributed by atoms with Gasteiger partial charge >= 0.3 is 0 Å². The van der Waals surface area contributed by atoms with Crippen molar-refractivity contribution >= 4 is 5.78 Å². The highest BCUT2D eigenvalue weighted by molar-refractivity contribution is 5.95. The van der Waals surface area contributed by atoms with Crippen LogP contribution in [0.4, 0.5) is 0 Å². The third-order valence-corrected chi connectivity index (χ3v) is 5.96. The summed E-state index contributed by atoms with van der Waals surface area (Å²) in [6.07, 6.45) is 7.36. The van der Waals surface area contributed by atoms with Crippen LogP contribution in [0.15, 0.2) is 30.3 Å². The Morgan fingerprint density at radius 3 is 2.23 bits per heavy atom. The fourth-order valence-corrected chi connectivity index (χ4v) is 4.97. The quantitative estimate of drug-likeness (QED) is 0.783. The first-order chi connectivity index (χ1) is 10.7. The maximum atomic E-state index is 13.6. The lowest BCUT2D eigenvalue weighted by molar-refractivity contribution is -0.162. The third-order valence-electron chi connectivity index (χ3n) is 5.96. The number of hydrogen-bond acceptors (Lipinski definition) is 2. The number of rotatable bonds is 6. The fourth-order valence-electron chi connectivity index (χ4n) is 4.97. The van der Waals surface area contributed by atoms with Crippen LogP contribution in [0.25, 0.3) is 0 Å². The van der Waals surface area contributed by atoms with Crippen LogP contribution in [-0.2, 0) is 11.2 Å². The molecule has 0 N–H and O–H groups in total. The van der Waals surface area contributed by atoms with E-state index in [2.05, 4.69) is 49.1 Å². The first-order valence-electron chi connectivity index (χ1n) is 9.01. The molecule has 3 heterocycles. The highest BCUT2D eigenvalue weighted by Crippen LogP contribution is 2.50. The van der Waals surface area contributed by atoms with Crippen molar-refractivity contribution in [3.8, 4) is 0 Å². The van der Waals surface area contributed by atoms with Crippen LogP contribution < -0.4 is 0 Å². The van der Waals surface area contributed by atoms with Crippen molar-refractivity contribution in [1.82, 2.24) is 4.90 Å². The number of hydrogen-bond donors (Lipinski definition) is 0. The highest BCUT2D eigenvalue weighted by atomic mass is 16.1. The molecule has 1 aromatic rings. The molecule has 3 aliphatic rings. The molecule has 0 amide bonds. The minimum absolute atomic E-state index is 0.0204. The number of benzene rings is 1. The summed E-state index contributed by atoms with van der Waals surface area (Å²) in [6.45, 7) is 6.66. The second-order valence-corrected chi connectivity index (χ2v) is 7.29. The molecule has 0 aliphatic carbocycles. The van der Waals surface area contributed by atoms with Crippen molar-refractivity contribution in [3.05, 3.63) is 35.9 Å². The van der Waals surface area contributed by atoms with E-state index in [0.29, 0.717) is 5.78 Å². The third kappa shape index (κ3) is 2.42. The largest absolute Gasteiger partial charge is 0.297 e. The first kappa shape index (κ1) is 15.7. The van der Waals surface area contributed by atoms with Gasteiger partial charge in [-0.05, 0) is 37.7 Å². The maximum Gasteiger partial charge on any atom is 0.159 e. The summed E-state index contributed by atoms with van der Waals surface area (Å²) in [5.74, 6) is 0.560. The molecule has 0 unspecified atom stereocenters. The maximum absolute atomic E-state index is 13.6. The molecule has 2 heteroatoms. The second-order valence-electron chi connectivity index (χ2n) is 7.29. The van der Waals surface area contributed by atoms with Crippen LogP contribution in [-0.4, -0.2) is 29.3 Å². The molecule has 0 spiro atoms. The normalized spacial score (nSPS) is 34.1. The summed E-state index contributed by atoms with van der Waals surface area (Å²) < 4.78 is 0. The Balaban J connectivity index is 1.96. The number of piperidine rings is 3. The lowest BCUT2D eigenvalue weighted by Gasteiger charge is -2.58. The predicted molar refractivity (Wildman–Crippen MR) is 90.9 cm³/mol. The summed E-state index contributed by atoms with van der Waals surface area (Å²) >= 11 is 0. The Morgan fingerprint density at radius 2 is 1.64 bits per heavy atom. The molecule has 1 aromatic carbocycles. The van der Waals surface area contributed by atoms with E-state index in [-0.39, 0.29) is 11.0 Å². The van der Waals surface area contributed by atoms with Gasteiger partial charge in [-0.3, -0.25) is 9.69 Å². The lowest BCUT2D eigenvalue weighted by atomic mass is 9.58. The van der Waals surface area contributed by atoms with E-state index < -0.39 is 0 Å². The van der Waals surface area contributed by atoms with E-state index >= 15 is 0 Å². The van der Waals surface area contributed by atoms with Gasteiger partial charge in [0.1, 0.15) is 0 Å². The summed E-state index contributed by atoms with van der Waals surface area (Å²) in [6, 6.07) is 10.6. The molecule has 4 rings (SSSR count). The number of ketones is 1. The Labute approximate surface area is 134 Å². The predicted octanol–water partition coefficient (Wildman–Crippen LogP) is 4.23. The van der Waals surface area contributed by atoms with Crippen LogP contribution in [0.5, 0.6) is 0 Å². The average molecular weight is 299 g/mol. The monoisotopic (exact) mass is 299 g/mol. The van der Waals surface area contributed by atoms with Gasteiger partial charge in [0.2, 0.25) is 0 Å². The van der Waals surface area contributed by atoms with Crippen molar-refractivity contribution in [2.45, 2.75) is 64.3 Å². The molecule has 120 valence electrons. The molecule has 2 nitrogen and oxygen atoms in total. The molecule has 3 saturated heterocycles. The van der Waals surface area contributed by atoms with Gasteiger partial charge in [0, 0.05) is 18.5 Å². The van der Waals surface area contributed by atoms with Gasteiger partial charge in [0.25, 0.3) is 0 Å². The van der Waals surface area contributed by atoms with Crippen molar-refractivity contribution in [3.63, 3.8) is 0 Å². The summed E-state index contributed by atoms with van der Waals surface area (Å²) in [4.78, 5) is 16.1. The first-order valence-corrected chi connectivity index (χ1v) is 9.01. The van der Waals surface area contributed by atoms with E-state index in [4.69, 9.17) is 0 Å². The molecule has 0 radical (unpaired) electrons. The van der Waals surface area contributed by atoms with Crippen molar-refractivity contribution < 1.29 is 4.79 Å². The Kier molecular flexibility index (Phi) is 4.40. The molecule has 22 heavy (non-hydrogen) atoms. The SMILES string of the molecule is CCCC12CCN(CC1)[C@@](CCC)(Cc1ccccc1)C2=O. The van der Waals surface area contributed by atoms with E-state index in [0.717, 1.165) is 58.0 Å². The Bertz CT molecular complexity index is 510. The minimum atomic E-state index is -0.234. The minimum Gasteiger partial charge on any atom is -0.297 e. The van der Waals surface area contributed by atoms with Gasteiger partial charge in [-0.2, -0.15) is 0 Å². The van der Waals surface area contributed by atoms with Gasteiger partial charge in [-0.15, -0.1) is 0 Å². The van der Waals surface area contributed by atoms with Crippen LogP contribution >= 0.6 is 0 Å². The number of Topliss-reactive ketones (excluding diaryl/α,β-unsaturated/α-hetero) is 1. The van der Waals surface area contributed by atoms with E-state index in [1.54, 1.807) is 0 Å². The molecule has 1 atom stereocenters. The Hall–Kier alpha value is -1.15. The second kappa shape index (κ2) is 6.16. The highest BCUT2D eigenvalue weighted by Gasteiger charge is 2.58. The van der Waals surface area contributed by atoms with Crippen molar-refractivity contribution in [1.29, 1.82) is 0 Å². The zero-order chi connectivity index (χ0) is 15.6. The van der Waals surface area contributed by atoms with Gasteiger partial charge in [0.15, 0.2) is 5.78 Å². The van der Waals surface area contributed by atoms with Gasteiger partial charge in [-0.1, -0.05) is 57.0 Å². The van der Waals surface area contributed by atoms with Gasteiger partial charge in [-0.25, -0.2) is 0 Å². The molecule has 2 bridgehead atoms. The summed E-state index contributed by atoms with van der Waals surface area (Å²) in [7, 11) is 0. The summed E-state index contributed by atoms with van der Waals surface area (Å²) in [5, 5.41) is 0. The number of nitrogens with zero attached hydrogens (tertiary/aromatic N) is 1. The number of carbonyl (C=O) groups is 1. The van der Waals surface area contributed by atoms with Crippen LogP contribution in [0.2, 0.25) is 0 Å². The zero-order valence-electron chi connectivity index (χ0n) is 14.1. The lowest BCUT2D eigenvalue weighted by Crippen LogP contribution is -2.70. The van der Waals surface area contributed by atoms with Crippen LogP contribution in [0, 0.1) is 5.41 Å². The van der Waals surface area contributed by atoms with Gasteiger partial charge < -0.3 is 0 Å². The topological polar surface area (TPSA) is 20.3 Å². The van der Waals surface area contributed by atoms with E-state index in [1.807, 2.05) is 0 Å². The average Bonchev–Trinajstić information content (AvgIpc) is 2.54. The molecule has 3 aliphatic heterocycles. The molecule has 3 fully saturated rings.